The van der Waals surface area contributed by atoms with Crippen LogP contribution in [0.1, 0.15) is 32.0 Å². The minimum atomic E-state index is -0.476. The average Bonchev–Trinajstić information content (AvgIpc) is 2.13. The summed E-state index contributed by atoms with van der Waals surface area (Å²) in [5.74, 6) is 0. The summed E-state index contributed by atoms with van der Waals surface area (Å²) in [5.41, 5.74) is 1.47. The fourth-order valence-electron chi connectivity index (χ4n) is 1.28. The van der Waals surface area contributed by atoms with Crippen LogP contribution in [0.25, 0.3) is 0 Å². The molecule has 0 aliphatic heterocycles. The van der Waals surface area contributed by atoms with Gasteiger partial charge in [0, 0.05) is 12.2 Å². The van der Waals surface area contributed by atoms with Crippen LogP contribution in [0, 0.1) is 11.6 Å². The number of alkyl carbamates (subject to hydrolysis) is 1. The molecule has 0 atom stereocenters. The molecule has 0 aromatic carbocycles. The van der Waals surface area contributed by atoms with Crippen molar-refractivity contribution < 1.29 is 9.53 Å². The van der Waals surface area contributed by atoms with E-state index in [1.54, 1.807) is 6.07 Å². The third-order valence-electron chi connectivity index (χ3n) is 2.05. The summed E-state index contributed by atoms with van der Waals surface area (Å²) in [7, 11) is 0. The fraction of sp³-hybridized carbons (Fsp3) is 0.500. The summed E-state index contributed by atoms with van der Waals surface area (Å²) in [6.45, 7) is 7.83. The average molecular weight is 254 g/mol. The third-order valence-corrected chi connectivity index (χ3v) is 2.29. The van der Waals surface area contributed by atoms with Gasteiger partial charge < -0.3 is 15.0 Å². The smallest absolute Gasteiger partial charge is 0.407 e. The molecule has 94 valence electrons. The second-order valence-electron chi connectivity index (χ2n) is 4.83. The highest BCUT2D eigenvalue weighted by molar-refractivity contribution is 7.71. The van der Waals surface area contributed by atoms with Crippen LogP contribution in [-0.4, -0.2) is 16.7 Å². The van der Waals surface area contributed by atoms with Crippen molar-refractivity contribution in [1.82, 2.24) is 10.3 Å². The van der Waals surface area contributed by atoms with Crippen molar-refractivity contribution in [3.8, 4) is 0 Å². The number of nitrogens with one attached hydrogen (secondary N) is 2. The number of ether oxygens (including phenoxy) is 1. The number of rotatable bonds is 2. The first kappa shape index (κ1) is 13.7. The molecule has 0 saturated heterocycles. The monoisotopic (exact) mass is 254 g/mol. The minimum Gasteiger partial charge on any atom is -0.444 e. The topological polar surface area (TPSA) is 54.1 Å². The van der Waals surface area contributed by atoms with E-state index in [4.69, 9.17) is 17.0 Å². The molecule has 1 amide bonds. The zero-order valence-electron chi connectivity index (χ0n) is 10.6. The summed E-state index contributed by atoms with van der Waals surface area (Å²) < 4.78 is 5.83. The van der Waals surface area contributed by atoms with Crippen LogP contribution in [0.15, 0.2) is 12.1 Å². The van der Waals surface area contributed by atoms with Gasteiger partial charge in [0.2, 0.25) is 0 Å². The van der Waals surface area contributed by atoms with Gasteiger partial charge in [-0.2, -0.15) is 0 Å². The molecule has 0 radical (unpaired) electrons. The Morgan fingerprint density at radius 1 is 1.47 bits per heavy atom. The Morgan fingerprint density at radius 2 is 2.12 bits per heavy atom. The third kappa shape index (κ3) is 4.99. The second kappa shape index (κ2) is 5.31. The van der Waals surface area contributed by atoms with E-state index in [2.05, 4.69) is 10.3 Å². The van der Waals surface area contributed by atoms with E-state index in [1.165, 1.54) is 0 Å². The van der Waals surface area contributed by atoms with E-state index in [9.17, 15) is 4.79 Å². The molecule has 4 nitrogen and oxygen atoms in total. The van der Waals surface area contributed by atoms with Crippen molar-refractivity contribution in [2.75, 3.05) is 0 Å². The standard InChI is InChI=1S/C12H18N2O2S/c1-8-9(5-6-10(17)14-8)7-13-11(15)16-12(2,3)4/h5-6H,7H2,1-4H3,(H,13,15)(H,14,17). The number of hydrogen-bond donors (Lipinski definition) is 2. The first-order valence-electron chi connectivity index (χ1n) is 5.43. The normalized spacial score (nSPS) is 11.1. The van der Waals surface area contributed by atoms with E-state index >= 15 is 0 Å². The molecule has 2 N–H and O–H groups in total. The van der Waals surface area contributed by atoms with Crippen molar-refractivity contribution in [1.29, 1.82) is 0 Å². The lowest BCUT2D eigenvalue weighted by molar-refractivity contribution is 0.0523. The number of amides is 1. The summed E-state index contributed by atoms with van der Waals surface area (Å²) >= 11 is 5.00. The lowest BCUT2D eigenvalue weighted by Gasteiger charge is -2.19. The van der Waals surface area contributed by atoms with Crippen LogP contribution >= 0.6 is 12.2 Å². The molecule has 0 bridgehead atoms. The summed E-state index contributed by atoms with van der Waals surface area (Å²) in [6, 6.07) is 3.69. The summed E-state index contributed by atoms with van der Waals surface area (Å²) in [4.78, 5) is 14.5. The number of carbonyl (C=O) groups is 1. The van der Waals surface area contributed by atoms with E-state index in [0.29, 0.717) is 11.2 Å². The van der Waals surface area contributed by atoms with Crippen LogP contribution in [0.5, 0.6) is 0 Å². The maximum Gasteiger partial charge on any atom is 0.407 e. The van der Waals surface area contributed by atoms with E-state index < -0.39 is 11.7 Å². The van der Waals surface area contributed by atoms with Crippen LogP contribution < -0.4 is 5.32 Å². The first-order valence-corrected chi connectivity index (χ1v) is 5.84. The highest BCUT2D eigenvalue weighted by atomic mass is 32.1. The number of carbonyl (C=O) groups excluding carboxylic acids is 1. The van der Waals surface area contributed by atoms with Gasteiger partial charge in [-0.3, -0.25) is 0 Å². The Kier molecular flexibility index (Phi) is 4.28. The Balaban J connectivity index is 2.56. The first-order chi connectivity index (χ1) is 7.78. The van der Waals surface area contributed by atoms with Gasteiger partial charge in [-0.05, 0) is 39.3 Å². The Bertz CT molecular complexity index is 460. The highest BCUT2D eigenvalue weighted by Gasteiger charge is 2.15. The predicted molar refractivity (Wildman–Crippen MR) is 69.4 cm³/mol. The van der Waals surface area contributed by atoms with E-state index in [0.717, 1.165) is 11.3 Å². The Morgan fingerprint density at radius 3 is 2.65 bits per heavy atom. The van der Waals surface area contributed by atoms with Crippen molar-refractivity contribution >= 4 is 18.3 Å². The maximum absolute atomic E-state index is 11.4. The molecule has 0 saturated carbocycles. The molecular weight excluding hydrogens is 236 g/mol. The van der Waals surface area contributed by atoms with Gasteiger partial charge in [0.25, 0.3) is 0 Å². The largest absolute Gasteiger partial charge is 0.444 e. The fourth-order valence-corrected chi connectivity index (χ4v) is 1.50. The molecule has 1 aromatic heterocycles. The van der Waals surface area contributed by atoms with Crippen molar-refractivity contribution in [3.05, 3.63) is 28.0 Å². The Hall–Kier alpha value is -1.36. The quantitative estimate of drug-likeness (QED) is 0.797. The summed E-state index contributed by atoms with van der Waals surface area (Å²) in [5, 5.41) is 2.70. The van der Waals surface area contributed by atoms with Gasteiger partial charge in [0.1, 0.15) is 10.2 Å². The molecule has 0 unspecified atom stereocenters. The molecular formula is C12H18N2O2S. The van der Waals surface area contributed by atoms with Crippen LogP contribution in [0.2, 0.25) is 0 Å². The van der Waals surface area contributed by atoms with Crippen LogP contribution in [-0.2, 0) is 11.3 Å². The van der Waals surface area contributed by atoms with Gasteiger partial charge in [-0.15, -0.1) is 0 Å². The number of H-pyrrole nitrogens is 1. The lowest BCUT2D eigenvalue weighted by Crippen LogP contribution is -2.32. The number of hydrogen-bond acceptors (Lipinski definition) is 3. The van der Waals surface area contributed by atoms with Crippen LogP contribution in [0.3, 0.4) is 0 Å². The highest BCUT2D eigenvalue weighted by Crippen LogP contribution is 2.08. The van der Waals surface area contributed by atoms with Gasteiger partial charge >= 0.3 is 6.09 Å². The van der Waals surface area contributed by atoms with E-state index in [1.807, 2.05) is 33.8 Å². The molecule has 0 aliphatic carbocycles. The van der Waals surface area contributed by atoms with Crippen LogP contribution in [0.4, 0.5) is 4.79 Å². The zero-order valence-corrected chi connectivity index (χ0v) is 11.4. The molecule has 17 heavy (non-hydrogen) atoms. The lowest BCUT2D eigenvalue weighted by atomic mass is 10.2. The van der Waals surface area contributed by atoms with Gasteiger partial charge in [0.15, 0.2) is 0 Å². The molecule has 0 aliphatic rings. The number of aromatic nitrogens is 1. The van der Waals surface area contributed by atoms with Crippen molar-refractivity contribution in [2.45, 2.75) is 39.8 Å². The van der Waals surface area contributed by atoms with Gasteiger partial charge in [-0.1, -0.05) is 18.3 Å². The van der Waals surface area contributed by atoms with Gasteiger partial charge in [-0.25, -0.2) is 4.79 Å². The second-order valence-corrected chi connectivity index (χ2v) is 5.27. The number of aromatic amines is 1. The molecule has 1 heterocycles. The molecule has 1 rings (SSSR count). The van der Waals surface area contributed by atoms with E-state index in [-0.39, 0.29) is 0 Å². The van der Waals surface area contributed by atoms with Crippen molar-refractivity contribution in [3.63, 3.8) is 0 Å². The number of pyridine rings is 1. The minimum absolute atomic E-state index is 0.417. The Labute approximate surface area is 106 Å². The maximum atomic E-state index is 11.4. The SMILES string of the molecule is Cc1[nH]c(=S)ccc1CNC(=O)OC(C)(C)C. The molecule has 0 fully saturated rings. The molecule has 1 aromatic rings. The summed E-state index contributed by atoms with van der Waals surface area (Å²) in [6.07, 6.45) is -0.417. The number of aryl methyl sites for hydroxylation is 1. The van der Waals surface area contributed by atoms with Crippen molar-refractivity contribution in [2.24, 2.45) is 0 Å². The predicted octanol–water partition coefficient (Wildman–Crippen LogP) is 3.08. The zero-order chi connectivity index (χ0) is 13.1. The van der Waals surface area contributed by atoms with Gasteiger partial charge in [0.05, 0.1) is 0 Å². The molecule has 5 heteroatoms. The molecule has 0 spiro atoms.